The van der Waals surface area contributed by atoms with Gasteiger partial charge in [-0.3, -0.25) is 5.10 Å². The average molecular weight is 334 g/mol. The Balaban J connectivity index is 1.47. The normalized spacial score (nSPS) is 20.3. The van der Waals surface area contributed by atoms with Crippen LogP contribution in [0.3, 0.4) is 0 Å². The first-order valence-corrected chi connectivity index (χ1v) is 8.59. The molecule has 1 aliphatic rings. The number of hydrogen-bond acceptors (Lipinski definition) is 5. The zero-order valence-electron chi connectivity index (χ0n) is 13.6. The van der Waals surface area contributed by atoms with Crippen LogP contribution >= 0.6 is 11.3 Å². The number of alkyl carbamates (subject to hydrolysis) is 1. The second-order valence-corrected chi connectivity index (χ2v) is 7.67. The van der Waals surface area contributed by atoms with Crippen molar-refractivity contribution in [3.8, 4) is 10.6 Å². The van der Waals surface area contributed by atoms with E-state index in [1.807, 2.05) is 33.0 Å². The summed E-state index contributed by atoms with van der Waals surface area (Å²) in [6, 6.07) is 4.53. The monoisotopic (exact) mass is 334 g/mol. The van der Waals surface area contributed by atoms with Gasteiger partial charge in [0.1, 0.15) is 5.60 Å². The van der Waals surface area contributed by atoms with Crippen molar-refractivity contribution < 1.29 is 9.53 Å². The number of ether oxygens (including phenoxy) is 1. The van der Waals surface area contributed by atoms with E-state index < -0.39 is 5.60 Å². The van der Waals surface area contributed by atoms with Gasteiger partial charge in [-0.15, -0.1) is 11.3 Å². The molecule has 2 aromatic rings. The molecule has 1 saturated carbocycles. The zero-order chi connectivity index (χ0) is 16.4. The molecule has 7 heteroatoms. The quantitative estimate of drug-likeness (QED) is 0.785. The molecular weight excluding hydrogens is 312 g/mol. The van der Waals surface area contributed by atoms with Gasteiger partial charge in [-0.25, -0.2) is 4.79 Å². The molecule has 1 amide bonds. The van der Waals surface area contributed by atoms with Gasteiger partial charge < -0.3 is 15.4 Å². The van der Waals surface area contributed by atoms with Gasteiger partial charge in [-0.05, 0) is 38.6 Å². The molecule has 23 heavy (non-hydrogen) atoms. The van der Waals surface area contributed by atoms with Crippen LogP contribution in [-0.2, 0) is 11.3 Å². The zero-order valence-corrected chi connectivity index (χ0v) is 14.4. The highest BCUT2D eigenvalue weighted by atomic mass is 32.1. The molecular formula is C16H22N4O2S. The Morgan fingerprint density at radius 1 is 1.48 bits per heavy atom. The third kappa shape index (κ3) is 4.33. The molecule has 3 N–H and O–H groups in total. The summed E-state index contributed by atoms with van der Waals surface area (Å²) in [6.45, 7) is 6.31. The molecule has 0 bridgehead atoms. The van der Waals surface area contributed by atoms with E-state index in [1.54, 1.807) is 11.3 Å². The van der Waals surface area contributed by atoms with Crippen molar-refractivity contribution in [1.82, 2.24) is 20.8 Å². The van der Waals surface area contributed by atoms with Crippen molar-refractivity contribution >= 4 is 17.4 Å². The van der Waals surface area contributed by atoms with Crippen LogP contribution in [0.2, 0.25) is 0 Å². The lowest BCUT2D eigenvalue weighted by molar-refractivity contribution is 0.0522. The number of nitrogens with one attached hydrogen (secondary N) is 3. The van der Waals surface area contributed by atoms with Gasteiger partial charge in [0.05, 0.1) is 16.8 Å². The third-order valence-electron chi connectivity index (χ3n) is 3.53. The van der Waals surface area contributed by atoms with E-state index in [9.17, 15) is 4.79 Å². The third-order valence-corrected chi connectivity index (χ3v) is 4.42. The van der Waals surface area contributed by atoms with Crippen molar-refractivity contribution in [2.75, 3.05) is 0 Å². The highest BCUT2D eigenvalue weighted by Gasteiger charge is 2.39. The van der Waals surface area contributed by atoms with E-state index >= 15 is 0 Å². The van der Waals surface area contributed by atoms with Gasteiger partial charge in [-0.1, -0.05) is 6.07 Å². The van der Waals surface area contributed by atoms with Crippen LogP contribution in [0.5, 0.6) is 0 Å². The van der Waals surface area contributed by atoms with Gasteiger partial charge in [0.25, 0.3) is 0 Å². The van der Waals surface area contributed by atoms with Crippen molar-refractivity contribution in [1.29, 1.82) is 0 Å². The number of amides is 1. The first-order chi connectivity index (χ1) is 10.9. The van der Waals surface area contributed by atoms with E-state index in [0.29, 0.717) is 0 Å². The minimum Gasteiger partial charge on any atom is -0.444 e. The smallest absolute Gasteiger partial charge is 0.407 e. The highest BCUT2D eigenvalue weighted by molar-refractivity contribution is 7.13. The minimum atomic E-state index is -0.464. The molecule has 0 aliphatic heterocycles. The van der Waals surface area contributed by atoms with Crippen LogP contribution in [0, 0.1) is 0 Å². The molecule has 124 valence electrons. The number of aromatic amines is 1. The maximum absolute atomic E-state index is 11.7. The summed E-state index contributed by atoms with van der Waals surface area (Å²) in [5, 5.41) is 15.6. The Hall–Kier alpha value is -1.86. The largest absolute Gasteiger partial charge is 0.444 e. The van der Waals surface area contributed by atoms with Gasteiger partial charge in [0.15, 0.2) is 0 Å². The fraction of sp³-hybridized carbons (Fsp3) is 0.500. The lowest BCUT2D eigenvalue weighted by atomic mass is 10.2. The second kappa shape index (κ2) is 6.33. The van der Waals surface area contributed by atoms with Crippen LogP contribution < -0.4 is 10.6 Å². The summed E-state index contributed by atoms with van der Waals surface area (Å²) in [5.74, 6) is 0. The van der Waals surface area contributed by atoms with Gasteiger partial charge in [0.2, 0.25) is 0 Å². The van der Waals surface area contributed by atoms with Crippen LogP contribution in [0.25, 0.3) is 10.6 Å². The Morgan fingerprint density at radius 3 is 3.00 bits per heavy atom. The van der Waals surface area contributed by atoms with Crippen molar-refractivity contribution in [2.24, 2.45) is 0 Å². The molecule has 0 aromatic carbocycles. The molecule has 6 nitrogen and oxygen atoms in total. The molecule has 3 rings (SSSR count). The highest BCUT2D eigenvalue weighted by Crippen LogP contribution is 2.27. The summed E-state index contributed by atoms with van der Waals surface area (Å²) in [7, 11) is 0. The Morgan fingerprint density at radius 2 is 2.30 bits per heavy atom. The number of carbonyl (C=O) groups is 1. The summed E-state index contributed by atoms with van der Waals surface area (Å²) in [6.07, 6.45) is 2.42. The fourth-order valence-corrected chi connectivity index (χ4v) is 3.11. The van der Waals surface area contributed by atoms with Gasteiger partial charge in [0, 0.05) is 24.2 Å². The predicted octanol–water partition coefficient (Wildman–Crippen LogP) is 2.89. The van der Waals surface area contributed by atoms with Gasteiger partial charge >= 0.3 is 6.09 Å². The molecule has 1 fully saturated rings. The van der Waals surface area contributed by atoms with E-state index in [4.69, 9.17) is 4.74 Å². The minimum absolute atomic E-state index is 0.141. The molecule has 2 aromatic heterocycles. The molecule has 0 radical (unpaired) electrons. The van der Waals surface area contributed by atoms with Crippen molar-refractivity contribution in [3.63, 3.8) is 0 Å². The first-order valence-electron chi connectivity index (χ1n) is 7.71. The lowest BCUT2D eigenvalue weighted by Gasteiger charge is -2.19. The van der Waals surface area contributed by atoms with Gasteiger partial charge in [-0.2, -0.15) is 5.10 Å². The molecule has 1 aliphatic carbocycles. The maximum Gasteiger partial charge on any atom is 0.407 e. The van der Waals surface area contributed by atoms with E-state index in [1.165, 1.54) is 4.88 Å². The number of thiophene rings is 1. The number of H-pyrrole nitrogens is 1. The van der Waals surface area contributed by atoms with Crippen LogP contribution in [-0.4, -0.2) is 34.0 Å². The number of nitrogens with zero attached hydrogens (tertiary/aromatic N) is 1. The lowest BCUT2D eigenvalue weighted by Crippen LogP contribution is -2.36. The molecule has 2 heterocycles. The van der Waals surface area contributed by atoms with Crippen molar-refractivity contribution in [3.05, 3.63) is 29.3 Å². The van der Waals surface area contributed by atoms with E-state index in [-0.39, 0.29) is 18.2 Å². The number of carbonyl (C=O) groups excluding carboxylic acids is 1. The molecule has 2 atom stereocenters. The van der Waals surface area contributed by atoms with E-state index in [0.717, 1.165) is 24.2 Å². The van der Waals surface area contributed by atoms with Crippen LogP contribution in [0.15, 0.2) is 23.7 Å². The second-order valence-electron chi connectivity index (χ2n) is 6.72. The number of hydrogen-bond donors (Lipinski definition) is 3. The topological polar surface area (TPSA) is 79.0 Å². The summed E-state index contributed by atoms with van der Waals surface area (Å²) >= 11 is 1.69. The summed E-state index contributed by atoms with van der Waals surface area (Å²) in [5.41, 5.74) is 1.73. The Bertz CT molecular complexity index is 660. The van der Waals surface area contributed by atoms with Crippen molar-refractivity contribution in [2.45, 2.75) is 51.4 Å². The Kier molecular flexibility index (Phi) is 4.41. The van der Waals surface area contributed by atoms with Crippen LogP contribution in [0.4, 0.5) is 4.79 Å². The predicted molar refractivity (Wildman–Crippen MR) is 90.3 cm³/mol. The molecule has 0 saturated heterocycles. The van der Waals surface area contributed by atoms with Crippen LogP contribution in [0.1, 0.15) is 32.8 Å². The number of rotatable bonds is 5. The fourth-order valence-electron chi connectivity index (χ4n) is 2.36. The summed E-state index contributed by atoms with van der Waals surface area (Å²) < 4.78 is 5.26. The standard InChI is InChI=1S/C16H22N4O2S/c1-16(2,3)22-15(21)19-12-7-11(12)17-8-10-9-18-20-14(10)13-5-4-6-23-13/h4-6,9,11-12,17H,7-8H2,1-3H3,(H,18,20)(H,19,21). The Labute approximate surface area is 139 Å². The van der Waals surface area contributed by atoms with E-state index in [2.05, 4.69) is 32.3 Å². The maximum atomic E-state index is 11.7. The molecule has 0 spiro atoms. The number of aromatic nitrogens is 2. The molecule has 2 unspecified atom stereocenters. The summed E-state index contributed by atoms with van der Waals surface area (Å²) in [4.78, 5) is 12.9. The average Bonchev–Trinajstić information content (AvgIpc) is 2.90. The first kappa shape index (κ1) is 16.0. The SMILES string of the molecule is CC(C)(C)OC(=O)NC1CC1NCc1cn[nH]c1-c1cccs1.